The lowest BCUT2D eigenvalue weighted by Crippen LogP contribution is -2.52. The van der Waals surface area contributed by atoms with Crippen molar-refractivity contribution in [1.82, 2.24) is 4.90 Å². The molecule has 3 aromatic rings. The molecule has 0 unspecified atom stereocenters. The van der Waals surface area contributed by atoms with Crippen LogP contribution in [-0.4, -0.2) is 66.2 Å². The van der Waals surface area contributed by atoms with Gasteiger partial charge in [0, 0.05) is 31.9 Å². The van der Waals surface area contributed by atoms with Crippen LogP contribution in [-0.2, 0) is 14.8 Å². The largest absolute Gasteiger partial charge is 0.497 e. The second kappa shape index (κ2) is 11.1. The Balaban J connectivity index is 1.57. The molecule has 0 spiro atoms. The quantitative estimate of drug-likeness (QED) is 0.446. The highest BCUT2D eigenvalue weighted by Gasteiger charge is 2.32. The monoisotopic (exact) mass is 523 g/mol. The van der Waals surface area contributed by atoms with Gasteiger partial charge in [-0.2, -0.15) is 0 Å². The smallest absolute Gasteiger partial charge is 0.264 e. The zero-order chi connectivity index (χ0) is 26.6. The van der Waals surface area contributed by atoms with E-state index in [9.17, 15) is 13.2 Å². The molecule has 0 N–H and O–H groups in total. The summed E-state index contributed by atoms with van der Waals surface area (Å²) < 4.78 is 39.5. The third kappa shape index (κ3) is 5.83. The number of piperazine rings is 1. The third-order valence-electron chi connectivity index (χ3n) is 6.56. The van der Waals surface area contributed by atoms with Crippen LogP contribution in [0.4, 0.5) is 11.4 Å². The van der Waals surface area contributed by atoms with E-state index in [4.69, 9.17) is 9.47 Å². The Kier molecular flexibility index (Phi) is 7.92. The van der Waals surface area contributed by atoms with E-state index in [1.54, 1.807) is 48.4 Å². The van der Waals surface area contributed by atoms with Gasteiger partial charge in [0.05, 0.1) is 24.8 Å². The van der Waals surface area contributed by atoms with Crippen LogP contribution in [0.25, 0.3) is 0 Å². The molecule has 1 amide bonds. The van der Waals surface area contributed by atoms with Crippen molar-refractivity contribution in [3.8, 4) is 11.5 Å². The van der Waals surface area contributed by atoms with Gasteiger partial charge in [-0.1, -0.05) is 23.8 Å². The molecule has 4 rings (SSSR count). The predicted molar refractivity (Wildman–Crippen MR) is 145 cm³/mol. The molecule has 1 aliphatic rings. The first-order valence-electron chi connectivity index (χ1n) is 12.1. The van der Waals surface area contributed by atoms with Crippen LogP contribution in [0.2, 0.25) is 0 Å². The minimum atomic E-state index is -4.03. The van der Waals surface area contributed by atoms with E-state index in [1.807, 2.05) is 44.2 Å². The van der Waals surface area contributed by atoms with Crippen LogP contribution in [0.3, 0.4) is 0 Å². The fourth-order valence-corrected chi connectivity index (χ4v) is 5.78. The minimum Gasteiger partial charge on any atom is -0.497 e. The van der Waals surface area contributed by atoms with E-state index >= 15 is 0 Å². The average Bonchev–Trinajstić information content (AvgIpc) is 2.92. The van der Waals surface area contributed by atoms with Gasteiger partial charge < -0.3 is 19.3 Å². The molecule has 1 heterocycles. The van der Waals surface area contributed by atoms with Gasteiger partial charge in [-0.05, 0) is 67.9 Å². The van der Waals surface area contributed by atoms with Gasteiger partial charge in [0.15, 0.2) is 0 Å². The summed E-state index contributed by atoms with van der Waals surface area (Å²) in [5.41, 5.74) is 3.21. The van der Waals surface area contributed by atoms with Crippen molar-refractivity contribution in [2.24, 2.45) is 0 Å². The van der Waals surface area contributed by atoms with E-state index in [2.05, 4.69) is 4.90 Å². The van der Waals surface area contributed by atoms with Crippen LogP contribution in [0.5, 0.6) is 11.5 Å². The molecular formula is C28H33N3O5S. The maximum atomic E-state index is 13.8. The van der Waals surface area contributed by atoms with Gasteiger partial charge in [0.2, 0.25) is 5.91 Å². The number of methoxy groups -OCH3 is 2. The molecule has 1 aliphatic heterocycles. The lowest BCUT2D eigenvalue weighted by molar-refractivity contribution is -0.129. The maximum Gasteiger partial charge on any atom is 0.264 e. The Morgan fingerprint density at radius 2 is 1.46 bits per heavy atom. The second-order valence-electron chi connectivity index (χ2n) is 9.07. The van der Waals surface area contributed by atoms with Crippen LogP contribution < -0.4 is 18.7 Å². The standard InChI is InChI=1S/C28H33N3O5S/c1-21-5-12-25(13-6-21)37(33,34)31(26-19-22(2)7-14-27(26)36-4)20-28(32)30-17-15-29(16-18-30)23-8-10-24(35-3)11-9-23/h5-14,19H,15-18,20H2,1-4H3. The lowest BCUT2D eigenvalue weighted by Gasteiger charge is -2.37. The molecule has 0 saturated carbocycles. The highest BCUT2D eigenvalue weighted by molar-refractivity contribution is 7.92. The highest BCUT2D eigenvalue weighted by atomic mass is 32.2. The zero-order valence-electron chi connectivity index (χ0n) is 21.7. The van der Waals surface area contributed by atoms with Crippen LogP contribution in [0.15, 0.2) is 71.6 Å². The zero-order valence-corrected chi connectivity index (χ0v) is 22.5. The number of carbonyl (C=O) groups excluding carboxylic acids is 1. The molecule has 37 heavy (non-hydrogen) atoms. The summed E-state index contributed by atoms with van der Waals surface area (Å²) in [4.78, 5) is 17.5. The maximum absolute atomic E-state index is 13.8. The van der Waals surface area contributed by atoms with Gasteiger partial charge in [-0.3, -0.25) is 9.10 Å². The summed E-state index contributed by atoms with van der Waals surface area (Å²) in [5, 5.41) is 0. The van der Waals surface area contributed by atoms with Gasteiger partial charge in [-0.15, -0.1) is 0 Å². The van der Waals surface area contributed by atoms with Gasteiger partial charge in [-0.25, -0.2) is 8.42 Å². The number of hydrogen-bond donors (Lipinski definition) is 0. The van der Waals surface area contributed by atoms with Crippen LogP contribution in [0.1, 0.15) is 11.1 Å². The molecule has 1 saturated heterocycles. The van der Waals surface area contributed by atoms with Gasteiger partial charge in [0.25, 0.3) is 10.0 Å². The van der Waals surface area contributed by atoms with E-state index < -0.39 is 10.0 Å². The van der Waals surface area contributed by atoms with Crippen molar-refractivity contribution >= 4 is 27.3 Å². The second-order valence-corrected chi connectivity index (χ2v) is 10.9. The Bertz CT molecular complexity index is 1330. The third-order valence-corrected chi connectivity index (χ3v) is 8.33. The van der Waals surface area contributed by atoms with Gasteiger partial charge in [0.1, 0.15) is 18.0 Å². The first-order chi connectivity index (χ1) is 17.7. The topological polar surface area (TPSA) is 79.4 Å². The number of benzene rings is 3. The van der Waals surface area contributed by atoms with E-state index in [-0.39, 0.29) is 17.3 Å². The number of amides is 1. The Morgan fingerprint density at radius 1 is 0.838 bits per heavy atom. The van der Waals surface area contributed by atoms with Crippen molar-refractivity contribution in [3.05, 3.63) is 77.9 Å². The van der Waals surface area contributed by atoms with Crippen LogP contribution >= 0.6 is 0 Å². The summed E-state index contributed by atoms with van der Waals surface area (Å²) in [6.07, 6.45) is 0. The van der Waals surface area contributed by atoms with Crippen molar-refractivity contribution < 1.29 is 22.7 Å². The molecule has 9 heteroatoms. The summed E-state index contributed by atoms with van der Waals surface area (Å²) in [6, 6.07) is 19.8. The number of rotatable bonds is 8. The highest BCUT2D eigenvalue weighted by Crippen LogP contribution is 2.33. The fourth-order valence-electron chi connectivity index (χ4n) is 4.36. The molecule has 1 fully saturated rings. The molecule has 3 aromatic carbocycles. The summed E-state index contributed by atoms with van der Waals surface area (Å²) >= 11 is 0. The van der Waals surface area contributed by atoms with Crippen LogP contribution in [0, 0.1) is 13.8 Å². The number of anilines is 2. The Morgan fingerprint density at radius 3 is 2.05 bits per heavy atom. The van der Waals surface area contributed by atoms with Crippen molar-refractivity contribution in [1.29, 1.82) is 0 Å². The van der Waals surface area contributed by atoms with E-state index in [0.717, 1.165) is 22.6 Å². The molecule has 8 nitrogen and oxygen atoms in total. The number of ether oxygens (including phenoxy) is 2. The molecular weight excluding hydrogens is 490 g/mol. The van der Waals surface area contributed by atoms with Crippen molar-refractivity contribution in [2.75, 3.05) is 56.1 Å². The first kappa shape index (κ1) is 26.3. The number of aryl methyl sites for hydroxylation is 2. The lowest BCUT2D eigenvalue weighted by atomic mass is 10.2. The normalized spacial score (nSPS) is 13.8. The Hall–Kier alpha value is -3.72. The summed E-state index contributed by atoms with van der Waals surface area (Å²) in [5.74, 6) is 0.922. The molecule has 0 aromatic heterocycles. The summed E-state index contributed by atoms with van der Waals surface area (Å²) in [7, 11) is -0.907. The molecule has 0 aliphatic carbocycles. The minimum absolute atomic E-state index is 0.124. The molecule has 0 radical (unpaired) electrons. The predicted octanol–water partition coefficient (Wildman–Crippen LogP) is 3.86. The Labute approximate surface area is 219 Å². The average molecular weight is 524 g/mol. The molecule has 196 valence electrons. The van der Waals surface area contributed by atoms with E-state index in [0.29, 0.717) is 37.6 Å². The summed E-state index contributed by atoms with van der Waals surface area (Å²) in [6.45, 7) is 5.74. The fraction of sp³-hybridized carbons (Fsp3) is 0.321. The number of hydrogen-bond acceptors (Lipinski definition) is 6. The SMILES string of the molecule is COc1ccc(N2CCN(C(=O)CN(c3cc(C)ccc3OC)S(=O)(=O)c3ccc(C)cc3)CC2)cc1. The number of nitrogens with zero attached hydrogens (tertiary/aromatic N) is 3. The van der Waals surface area contributed by atoms with Crippen molar-refractivity contribution in [2.45, 2.75) is 18.7 Å². The van der Waals surface area contributed by atoms with Gasteiger partial charge >= 0.3 is 0 Å². The first-order valence-corrected chi connectivity index (χ1v) is 13.6. The number of carbonyl (C=O) groups is 1. The number of sulfonamides is 1. The molecule has 0 atom stereocenters. The van der Waals surface area contributed by atoms with E-state index in [1.165, 1.54) is 11.4 Å². The van der Waals surface area contributed by atoms with Crippen molar-refractivity contribution in [3.63, 3.8) is 0 Å². The molecule has 0 bridgehead atoms.